The maximum Gasteiger partial charge on any atom is 0.339 e. The fourth-order valence-electron chi connectivity index (χ4n) is 3.91. The lowest BCUT2D eigenvalue weighted by Crippen LogP contribution is -2.43. The summed E-state index contributed by atoms with van der Waals surface area (Å²) in [5.41, 5.74) is 4.60. The largest absolute Gasteiger partial charge is 0.452 e. The Hall–Kier alpha value is -4.15. The number of esters is 1. The minimum atomic E-state index is -0.853. The molecule has 11 nitrogen and oxygen atoms in total. The van der Waals surface area contributed by atoms with Crippen molar-refractivity contribution in [3.63, 3.8) is 0 Å². The van der Waals surface area contributed by atoms with Gasteiger partial charge in [0.2, 0.25) is 5.56 Å². The smallest absolute Gasteiger partial charge is 0.339 e. The lowest BCUT2D eigenvalue weighted by Gasteiger charge is -2.24. The number of nitrogens with two attached hydrogens (primary N) is 1. The van der Waals surface area contributed by atoms with Crippen molar-refractivity contribution < 1.29 is 14.3 Å². The number of ether oxygens (including phenoxy) is 1. The number of hydrogen-bond donors (Lipinski definition) is 3. The maximum atomic E-state index is 13.2. The molecule has 0 saturated heterocycles. The zero-order valence-corrected chi connectivity index (χ0v) is 20.5. The van der Waals surface area contributed by atoms with Crippen LogP contribution in [0.1, 0.15) is 56.3 Å². The molecule has 192 valence electrons. The molecule has 0 spiro atoms. The van der Waals surface area contributed by atoms with Crippen molar-refractivity contribution in [2.75, 3.05) is 23.8 Å². The minimum Gasteiger partial charge on any atom is -0.452 e. The van der Waals surface area contributed by atoms with E-state index < -0.39 is 35.3 Å². The minimum absolute atomic E-state index is 0.0187. The molecule has 1 amide bonds. The van der Waals surface area contributed by atoms with Gasteiger partial charge in [0.25, 0.3) is 11.5 Å². The Balaban J connectivity index is 1.90. The number of amides is 1. The monoisotopic (exact) mass is 497 g/mol. The summed E-state index contributed by atoms with van der Waals surface area (Å²) in [5, 5.41) is 0.470. The summed E-state index contributed by atoms with van der Waals surface area (Å²) in [6.45, 7) is 3.70. The van der Waals surface area contributed by atoms with E-state index in [4.69, 9.17) is 10.5 Å². The molecule has 4 N–H and O–H groups in total. The van der Waals surface area contributed by atoms with Crippen LogP contribution in [0.2, 0.25) is 0 Å². The first-order chi connectivity index (χ1) is 17.3. The highest BCUT2D eigenvalue weighted by atomic mass is 16.5. The van der Waals surface area contributed by atoms with Gasteiger partial charge in [-0.25, -0.2) is 9.59 Å². The van der Waals surface area contributed by atoms with Crippen LogP contribution in [-0.4, -0.2) is 39.6 Å². The van der Waals surface area contributed by atoms with Crippen LogP contribution >= 0.6 is 0 Å². The van der Waals surface area contributed by atoms with E-state index in [1.165, 1.54) is 4.57 Å². The van der Waals surface area contributed by atoms with E-state index in [1.54, 1.807) is 24.3 Å². The Kier molecular flexibility index (Phi) is 8.82. The van der Waals surface area contributed by atoms with E-state index in [-0.39, 0.29) is 30.2 Å². The number of aromatic amines is 2. The Morgan fingerprint density at radius 2 is 1.75 bits per heavy atom. The van der Waals surface area contributed by atoms with Gasteiger partial charge in [0.1, 0.15) is 5.82 Å². The third kappa shape index (κ3) is 5.91. The summed E-state index contributed by atoms with van der Waals surface area (Å²) in [4.78, 5) is 69.0. The Bertz CT molecular complexity index is 1420. The van der Waals surface area contributed by atoms with Gasteiger partial charge >= 0.3 is 11.7 Å². The van der Waals surface area contributed by atoms with Crippen LogP contribution in [-0.2, 0) is 16.1 Å². The number of para-hydroxylation sites is 1. The second-order valence-corrected chi connectivity index (χ2v) is 8.42. The van der Waals surface area contributed by atoms with Gasteiger partial charge in [-0.1, -0.05) is 51.3 Å². The van der Waals surface area contributed by atoms with Gasteiger partial charge < -0.3 is 20.4 Å². The van der Waals surface area contributed by atoms with Gasteiger partial charge in [-0.05, 0) is 18.9 Å². The number of hydrogen-bond acceptors (Lipinski definition) is 7. The molecule has 2 heterocycles. The van der Waals surface area contributed by atoms with Gasteiger partial charge in [0, 0.05) is 30.1 Å². The van der Waals surface area contributed by atoms with Crippen LogP contribution in [0.25, 0.3) is 10.9 Å². The van der Waals surface area contributed by atoms with Crippen LogP contribution in [0.5, 0.6) is 0 Å². The zero-order chi connectivity index (χ0) is 26.2. The molecular weight excluding hydrogens is 466 g/mol. The molecule has 0 radical (unpaired) electrons. The molecule has 36 heavy (non-hydrogen) atoms. The second kappa shape index (κ2) is 12.0. The van der Waals surface area contributed by atoms with Gasteiger partial charge in [-0.15, -0.1) is 0 Å². The number of nitrogens with one attached hydrogen (secondary N) is 2. The molecular formula is C25H31N5O6. The third-order valence-corrected chi connectivity index (χ3v) is 5.80. The van der Waals surface area contributed by atoms with Crippen LogP contribution in [0.15, 0.2) is 44.7 Å². The quantitative estimate of drug-likeness (QED) is 0.270. The molecule has 11 heteroatoms. The van der Waals surface area contributed by atoms with Crippen LogP contribution in [0, 0.1) is 0 Å². The first-order valence-corrected chi connectivity index (χ1v) is 12.0. The molecule has 0 unspecified atom stereocenters. The molecule has 0 atom stereocenters. The Labute approximate surface area is 206 Å². The van der Waals surface area contributed by atoms with Crippen molar-refractivity contribution in [1.29, 1.82) is 0 Å². The SMILES string of the molecule is CCCCCN(C(=O)COC(=O)c1cc(=O)[nH]c2ccccc12)c1c(N)n(CCCC)c(=O)[nH]c1=O. The molecule has 3 aromatic rings. The molecule has 3 rings (SSSR count). The van der Waals surface area contributed by atoms with Crippen molar-refractivity contribution in [1.82, 2.24) is 14.5 Å². The van der Waals surface area contributed by atoms with Gasteiger partial charge in [-0.2, -0.15) is 0 Å². The summed E-state index contributed by atoms with van der Waals surface area (Å²) < 4.78 is 6.49. The van der Waals surface area contributed by atoms with Crippen LogP contribution < -0.4 is 27.4 Å². The lowest BCUT2D eigenvalue weighted by atomic mass is 10.1. The molecule has 1 aromatic carbocycles. The first kappa shape index (κ1) is 26.5. The normalized spacial score (nSPS) is 10.9. The number of carbonyl (C=O) groups excluding carboxylic acids is 2. The van der Waals surface area contributed by atoms with Gasteiger partial charge in [0.15, 0.2) is 12.3 Å². The number of H-pyrrole nitrogens is 2. The van der Waals surface area contributed by atoms with Gasteiger partial charge in [0.05, 0.1) is 5.56 Å². The lowest BCUT2D eigenvalue weighted by molar-refractivity contribution is -0.121. The summed E-state index contributed by atoms with van der Waals surface area (Å²) in [7, 11) is 0. The van der Waals surface area contributed by atoms with Crippen molar-refractivity contribution in [2.24, 2.45) is 0 Å². The van der Waals surface area contributed by atoms with E-state index in [9.17, 15) is 24.0 Å². The van der Waals surface area contributed by atoms with Crippen molar-refractivity contribution in [3.8, 4) is 0 Å². The number of pyridine rings is 1. The number of fused-ring (bicyclic) bond motifs is 1. The van der Waals surface area contributed by atoms with Crippen molar-refractivity contribution in [2.45, 2.75) is 52.5 Å². The predicted molar refractivity (Wildman–Crippen MR) is 137 cm³/mol. The molecule has 0 saturated carbocycles. The molecule has 0 aliphatic rings. The summed E-state index contributed by atoms with van der Waals surface area (Å²) in [6.07, 6.45) is 3.68. The Morgan fingerprint density at radius 3 is 2.47 bits per heavy atom. The topological polar surface area (TPSA) is 160 Å². The van der Waals surface area contributed by atoms with Crippen molar-refractivity contribution >= 4 is 34.3 Å². The maximum absolute atomic E-state index is 13.2. The average molecular weight is 498 g/mol. The number of aromatic nitrogens is 3. The highest BCUT2D eigenvalue weighted by Crippen LogP contribution is 2.19. The fraction of sp³-hybridized carbons (Fsp3) is 0.400. The molecule has 0 fully saturated rings. The number of unbranched alkanes of at least 4 members (excludes halogenated alkanes) is 3. The number of anilines is 2. The van der Waals surface area contributed by atoms with E-state index in [1.807, 2.05) is 13.8 Å². The van der Waals surface area contributed by atoms with Crippen LogP contribution in [0.4, 0.5) is 11.5 Å². The van der Waals surface area contributed by atoms with E-state index >= 15 is 0 Å². The zero-order valence-electron chi connectivity index (χ0n) is 20.5. The van der Waals surface area contributed by atoms with E-state index in [0.717, 1.165) is 30.2 Å². The highest BCUT2D eigenvalue weighted by molar-refractivity contribution is 6.04. The number of benzene rings is 1. The highest BCUT2D eigenvalue weighted by Gasteiger charge is 2.25. The summed E-state index contributed by atoms with van der Waals surface area (Å²) in [5.74, 6) is -1.64. The predicted octanol–water partition coefficient (Wildman–Crippen LogP) is 2.14. The van der Waals surface area contributed by atoms with Gasteiger partial charge in [-0.3, -0.25) is 23.9 Å². The second-order valence-electron chi connectivity index (χ2n) is 8.42. The van der Waals surface area contributed by atoms with Crippen molar-refractivity contribution in [3.05, 3.63) is 67.1 Å². The molecule has 2 aromatic heterocycles. The number of nitrogen functional groups attached to an aromatic ring is 1. The summed E-state index contributed by atoms with van der Waals surface area (Å²) >= 11 is 0. The fourth-order valence-corrected chi connectivity index (χ4v) is 3.91. The molecule has 0 bridgehead atoms. The Morgan fingerprint density at radius 1 is 1.03 bits per heavy atom. The van der Waals surface area contributed by atoms with E-state index in [0.29, 0.717) is 23.7 Å². The third-order valence-electron chi connectivity index (χ3n) is 5.80. The summed E-state index contributed by atoms with van der Waals surface area (Å²) in [6, 6.07) is 7.84. The van der Waals surface area contributed by atoms with Crippen LogP contribution in [0.3, 0.4) is 0 Å². The molecule has 0 aliphatic carbocycles. The number of nitrogens with zero attached hydrogens (tertiary/aromatic N) is 2. The number of rotatable bonds is 11. The number of carbonyl (C=O) groups is 2. The average Bonchev–Trinajstić information content (AvgIpc) is 2.85. The van der Waals surface area contributed by atoms with E-state index in [2.05, 4.69) is 9.97 Å². The first-order valence-electron chi connectivity index (χ1n) is 12.0. The standard InChI is InChI=1S/C25H31N5O6/c1-3-5-9-13-29(21-22(26)30(12-6-4-2)25(35)28-23(21)33)20(32)15-36-24(34)17-14-19(31)27-18-11-8-7-10-16(17)18/h7-8,10-11,14H,3-6,9,12-13,15,26H2,1-2H3,(H,27,31)(H,28,33,35). The molecule has 0 aliphatic heterocycles.